The maximum atomic E-state index is 5.36. The van der Waals surface area contributed by atoms with Gasteiger partial charge in [0.05, 0.1) is 22.4 Å². The molecule has 0 bridgehead atoms. The highest BCUT2D eigenvalue weighted by molar-refractivity contribution is 7.19. The van der Waals surface area contributed by atoms with Crippen LogP contribution in [0.15, 0.2) is 279 Å². The zero-order valence-electron chi connectivity index (χ0n) is 38.0. The van der Waals surface area contributed by atoms with Crippen LogP contribution in [0.5, 0.6) is 0 Å². The van der Waals surface area contributed by atoms with Crippen LogP contribution in [-0.4, -0.2) is 17.6 Å². The van der Waals surface area contributed by atoms with Gasteiger partial charge in [0.15, 0.2) is 8.07 Å². The zero-order valence-corrected chi connectivity index (χ0v) is 39.0. The molecule has 2 aromatic heterocycles. The molecule has 0 amide bonds. The number of pyridine rings is 1. The number of nitrogens with one attached hydrogen (secondary N) is 1. The van der Waals surface area contributed by atoms with Gasteiger partial charge in [-0.2, -0.15) is 0 Å². The number of benzene rings is 10. The van der Waals surface area contributed by atoms with E-state index in [-0.39, 0.29) is 0 Å². The Labute approximate surface area is 404 Å². The number of anilines is 2. The second kappa shape index (κ2) is 18.1. The normalized spacial score (nSPS) is 11.5. The van der Waals surface area contributed by atoms with Gasteiger partial charge in [-0.05, 0) is 104 Å². The molecule has 69 heavy (non-hydrogen) atoms. The Hall–Kier alpha value is -8.83. The van der Waals surface area contributed by atoms with E-state index in [1.807, 2.05) is 0 Å². The highest BCUT2D eigenvalue weighted by atomic mass is 28.3. The molecule has 1 N–H and O–H groups in total. The molecular weight excluding hydrogens is 851 g/mol. The third kappa shape index (κ3) is 7.73. The van der Waals surface area contributed by atoms with Crippen LogP contribution >= 0.6 is 0 Å². The average molecular weight is 898 g/mol. The molecule has 12 rings (SSSR count). The Morgan fingerprint density at radius 3 is 1.48 bits per heavy atom. The molecule has 0 spiro atoms. The Morgan fingerprint density at radius 2 is 0.812 bits per heavy atom. The molecule has 3 nitrogen and oxygen atoms in total. The lowest BCUT2D eigenvalue weighted by molar-refractivity contribution is 1.18. The monoisotopic (exact) mass is 897 g/mol. The van der Waals surface area contributed by atoms with E-state index < -0.39 is 8.07 Å². The SMILES string of the molecule is c1ccc(-c2cc(-c3ccc4c(c3)c3ccccc3n4-c3ccccc3)ccc2Nc2cccc(-c3cccc(-c4cccc([Si](c5ccccc5)(c5ccccc5)c5ccccc5)c4)n3)c2)cc1. The van der Waals surface area contributed by atoms with Crippen LogP contribution in [0, 0.1) is 0 Å². The van der Waals surface area contributed by atoms with Crippen molar-refractivity contribution in [3.63, 3.8) is 0 Å². The predicted molar refractivity (Wildman–Crippen MR) is 294 cm³/mol. The average Bonchev–Trinajstić information content (AvgIpc) is 3.76. The van der Waals surface area contributed by atoms with E-state index in [0.717, 1.165) is 56.3 Å². The Morgan fingerprint density at radius 1 is 0.319 bits per heavy atom. The van der Waals surface area contributed by atoms with Crippen molar-refractivity contribution < 1.29 is 0 Å². The van der Waals surface area contributed by atoms with E-state index in [9.17, 15) is 0 Å². The smallest absolute Gasteiger partial charge is 0.179 e. The van der Waals surface area contributed by atoms with Crippen LogP contribution in [-0.2, 0) is 0 Å². The summed E-state index contributed by atoms with van der Waals surface area (Å²) in [6.45, 7) is 0. The van der Waals surface area contributed by atoms with E-state index in [1.165, 1.54) is 48.1 Å². The van der Waals surface area contributed by atoms with E-state index >= 15 is 0 Å². The first kappa shape index (κ1) is 41.6. The van der Waals surface area contributed by atoms with Crippen LogP contribution in [0.4, 0.5) is 11.4 Å². The highest BCUT2D eigenvalue weighted by Gasteiger charge is 2.41. The van der Waals surface area contributed by atoms with Crippen molar-refractivity contribution >= 4 is 62.0 Å². The molecule has 0 saturated heterocycles. The van der Waals surface area contributed by atoms with Crippen molar-refractivity contribution in [2.45, 2.75) is 0 Å². The van der Waals surface area contributed by atoms with Crippen molar-refractivity contribution in [3.05, 3.63) is 279 Å². The molecule has 0 unspecified atom stereocenters. The molecule has 0 aliphatic carbocycles. The maximum Gasteiger partial charge on any atom is 0.179 e. The Bertz CT molecular complexity index is 3640. The van der Waals surface area contributed by atoms with Crippen LogP contribution in [0.1, 0.15) is 0 Å². The second-order valence-electron chi connectivity index (χ2n) is 17.6. The first-order valence-electron chi connectivity index (χ1n) is 23.6. The highest BCUT2D eigenvalue weighted by Crippen LogP contribution is 2.39. The topological polar surface area (TPSA) is 29.9 Å². The van der Waals surface area contributed by atoms with Gasteiger partial charge in [-0.15, -0.1) is 0 Å². The van der Waals surface area contributed by atoms with Crippen molar-refractivity contribution in [3.8, 4) is 50.5 Å². The molecule has 12 aromatic rings. The molecule has 10 aromatic carbocycles. The molecular formula is C65H47N3Si. The fourth-order valence-electron chi connectivity index (χ4n) is 10.3. The van der Waals surface area contributed by atoms with Gasteiger partial charge in [0.1, 0.15) is 0 Å². The van der Waals surface area contributed by atoms with Gasteiger partial charge in [-0.3, -0.25) is 0 Å². The van der Waals surface area contributed by atoms with E-state index in [1.54, 1.807) is 0 Å². The van der Waals surface area contributed by atoms with E-state index in [4.69, 9.17) is 4.98 Å². The molecule has 2 heterocycles. The van der Waals surface area contributed by atoms with Crippen molar-refractivity contribution in [2.24, 2.45) is 0 Å². The van der Waals surface area contributed by atoms with Gasteiger partial charge < -0.3 is 9.88 Å². The second-order valence-corrected chi connectivity index (χ2v) is 21.4. The van der Waals surface area contributed by atoms with Crippen molar-refractivity contribution in [2.75, 3.05) is 5.32 Å². The van der Waals surface area contributed by atoms with Gasteiger partial charge in [0.25, 0.3) is 0 Å². The molecule has 4 heteroatoms. The van der Waals surface area contributed by atoms with Crippen LogP contribution < -0.4 is 26.1 Å². The Balaban J connectivity index is 0.892. The molecule has 0 fully saturated rings. The van der Waals surface area contributed by atoms with Gasteiger partial charge in [-0.1, -0.05) is 212 Å². The first-order chi connectivity index (χ1) is 34.2. The summed E-state index contributed by atoms with van der Waals surface area (Å²) in [6, 6.07) is 101. The third-order valence-corrected chi connectivity index (χ3v) is 18.3. The number of fused-ring (bicyclic) bond motifs is 3. The molecule has 0 aliphatic heterocycles. The minimum atomic E-state index is -2.71. The fourth-order valence-corrected chi connectivity index (χ4v) is 15.1. The molecule has 0 aliphatic rings. The lowest BCUT2D eigenvalue weighted by Gasteiger charge is -2.34. The van der Waals surface area contributed by atoms with Crippen molar-refractivity contribution in [1.29, 1.82) is 0 Å². The van der Waals surface area contributed by atoms with Gasteiger partial charge in [0.2, 0.25) is 0 Å². The number of hydrogen-bond acceptors (Lipinski definition) is 2. The summed E-state index contributed by atoms with van der Waals surface area (Å²) < 4.78 is 2.37. The summed E-state index contributed by atoms with van der Waals surface area (Å²) in [6.07, 6.45) is 0. The molecule has 0 radical (unpaired) electrons. The van der Waals surface area contributed by atoms with Crippen LogP contribution in [0.3, 0.4) is 0 Å². The van der Waals surface area contributed by atoms with Crippen LogP contribution in [0.25, 0.3) is 72.3 Å². The number of rotatable bonds is 11. The quantitative estimate of drug-likeness (QED) is 0.104. The van der Waals surface area contributed by atoms with Crippen LogP contribution in [0.2, 0.25) is 0 Å². The van der Waals surface area contributed by atoms with E-state index in [2.05, 4.69) is 289 Å². The van der Waals surface area contributed by atoms with Gasteiger partial charge in [-0.25, -0.2) is 4.98 Å². The van der Waals surface area contributed by atoms with Gasteiger partial charge >= 0.3 is 0 Å². The number of nitrogens with zero attached hydrogens (tertiary/aromatic N) is 2. The molecule has 0 atom stereocenters. The largest absolute Gasteiger partial charge is 0.355 e. The summed E-state index contributed by atoms with van der Waals surface area (Å²) in [7, 11) is -2.71. The first-order valence-corrected chi connectivity index (χ1v) is 25.6. The summed E-state index contributed by atoms with van der Waals surface area (Å²) in [4.78, 5) is 5.36. The lowest BCUT2D eigenvalue weighted by Crippen LogP contribution is -2.74. The summed E-state index contributed by atoms with van der Waals surface area (Å²) in [5, 5.41) is 11.7. The van der Waals surface area contributed by atoms with Gasteiger partial charge in [0, 0.05) is 44.5 Å². The standard InChI is InChI=1S/C65H47N3Si/c1-6-21-47(22-7-1)59-45-48(49-40-42-65-60(46-49)58-35-16-17-38-64(58)68(65)53-26-8-2-9-27-53)39-41-63(59)66-52-25-18-23-50(43-52)61-36-20-37-62(67-61)51-24-19-34-57(44-51)69(54-28-10-3-11-29-54,55-30-12-4-13-31-55)56-32-14-5-15-33-56/h1-46,66H. The number of hydrogen-bond donors (Lipinski definition) is 1. The predicted octanol–water partition coefficient (Wildman–Crippen LogP) is 14.0. The minimum Gasteiger partial charge on any atom is -0.355 e. The summed E-state index contributed by atoms with van der Waals surface area (Å²) in [5.41, 5.74) is 14.2. The fraction of sp³-hybridized carbons (Fsp3) is 0. The zero-order chi connectivity index (χ0) is 46.0. The minimum absolute atomic E-state index is 0.918. The molecule has 0 saturated carbocycles. The lowest BCUT2D eigenvalue weighted by atomic mass is 9.96. The maximum absolute atomic E-state index is 5.36. The van der Waals surface area contributed by atoms with Crippen molar-refractivity contribution in [1.82, 2.24) is 9.55 Å². The summed E-state index contributed by atoms with van der Waals surface area (Å²) >= 11 is 0. The number of para-hydroxylation sites is 2. The molecule has 326 valence electrons. The van der Waals surface area contributed by atoms with E-state index in [0.29, 0.717) is 0 Å². The Kier molecular flexibility index (Phi) is 10.9. The number of aromatic nitrogens is 2. The summed E-state index contributed by atoms with van der Waals surface area (Å²) in [5.74, 6) is 0. The third-order valence-electron chi connectivity index (χ3n) is 13.5.